The lowest BCUT2D eigenvalue weighted by Gasteiger charge is -2.34. The molecule has 2 aliphatic heterocycles. The third-order valence-electron chi connectivity index (χ3n) is 5.94. The molecule has 0 aromatic heterocycles. The van der Waals surface area contributed by atoms with Crippen LogP contribution in [-0.2, 0) is 9.59 Å². The second kappa shape index (κ2) is 9.17. The molecule has 5 nitrogen and oxygen atoms in total. The van der Waals surface area contributed by atoms with E-state index in [9.17, 15) is 9.59 Å². The first-order valence-corrected chi connectivity index (χ1v) is 9.98. The summed E-state index contributed by atoms with van der Waals surface area (Å²) in [7, 11) is 0. The summed E-state index contributed by atoms with van der Waals surface area (Å²) in [6, 6.07) is 9.57. The highest BCUT2D eigenvalue weighted by Crippen LogP contribution is 2.26. The van der Waals surface area contributed by atoms with Crippen LogP contribution >= 0.6 is 0 Å². The SMILES string of the molecule is CC(CC(=O)N1CCC(C(=O)Nc2ccccc2)CC1)C1CCNCC1. The predicted molar refractivity (Wildman–Crippen MR) is 104 cm³/mol. The second-order valence-corrected chi connectivity index (χ2v) is 7.78. The Labute approximate surface area is 156 Å². The van der Waals surface area contributed by atoms with Crippen molar-refractivity contribution in [3.05, 3.63) is 30.3 Å². The lowest BCUT2D eigenvalue weighted by atomic mass is 9.83. The van der Waals surface area contributed by atoms with E-state index in [1.165, 1.54) is 12.8 Å². The highest BCUT2D eigenvalue weighted by atomic mass is 16.2. The van der Waals surface area contributed by atoms with E-state index in [4.69, 9.17) is 0 Å². The van der Waals surface area contributed by atoms with Gasteiger partial charge in [0, 0.05) is 31.1 Å². The largest absolute Gasteiger partial charge is 0.343 e. The van der Waals surface area contributed by atoms with E-state index in [2.05, 4.69) is 17.6 Å². The van der Waals surface area contributed by atoms with Gasteiger partial charge < -0.3 is 15.5 Å². The van der Waals surface area contributed by atoms with Gasteiger partial charge in [-0.05, 0) is 62.7 Å². The van der Waals surface area contributed by atoms with Crippen LogP contribution in [-0.4, -0.2) is 42.9 Å². The van der Waals surface area contributed by atoms with Gasteiger partial charge in [-0.3, -0.25) is 9.59 Å². The summed E-state index contributed by atoms with van der Waals surface area (Å²) >= 11 is 0. The third-order valence-corrected chi connectivity index (χ3v) is 5.94. The van der Waals surface area contributed by atoms with Gasteiger partial charge in [-0.2, -0.15) is 0 Å². The van der Waals surface area contributed by atoms with Crippen LogP contribution in [0.3, 0.4) is 0 Å². The molecule has 1 unspecified atom stereocenters. The van der Waals surface area contributed by atoms with Gasteiger partial charge in [0.05, 0.1) is 0 Å². The number of nitrogens with one attached hydrogen (secondary N) is 2. The van der Waals surface area contributed by atoms with E-state index >= 15 is 0 Å². The lowest BCUT2D eigenvalue weighted by molar-refractivity contribution is -0.135. The Bertz CT molecular complexity index is 591. The number of para-hydroxylation sites is 1. The molecule has 0 spiro atoms. The quantitative estimate of drug-likeness (QED) is 0.852. The maximum atomic E-state index is 12.6. The number of carbonyl (C=O) groups is 2. The molecule has 0 aliphatic carbocycles. The number of carbonyl (C=O) groups excluding carboxylic acids is 2. The zero-order valence-corrected chi connectivity index (χ0v) is 15.7. The van der Waals surface area contributed by atoms with Crippen molar-refractivity contribution < 1.29 is 9.59 Å². The fourth-order valence-electron chi connectivity index (χ4n) is 4.14. The van der Waals surface area contributed by atoms with E-state index < -0.39 is 0 Å². The van der Waals surface area contributed by atoms with Gasteiger partial charge in [0.15, 0.2) is 0 Å². The molecule has 2 saturated heterocycles. The average Bonchev–Trinajstić information content (AvgIpc) is 2.69. The molecule has 1 aromatic rings. The molecule has 142 valence electrons. The molecule has 1 aromatic carbocycles. The number of piperidine rings is 2. The van der Waals surface area contributed by atoms with Crippen molar-refractivity contribution in [2.75, 3.05) is 31.5 Å². The smallest absolute Gasteiger partial charge is 0.227 e. The van der Waals surface area contributed by atoms with Crippen molar-refractivity contribution in [3.63, 3.8) is 0 Å². The van der Waals surface area contributed by atoms with Crippen LogP contribution in [0.4, 0.5) is 5.69 Å². The van der Waals surface area contributed by atoms with Gasteiger partial charge >= 0.3 is 0 Å². The number of hydrogen-bond donors (Lipinski definition) is 2. The fourth-order valence-corrected chi connectivity index (χ4v) is 4.14. The summed E-state index contributed by atoms with van der Waals surface area (Å²) in [6.45, 7) is 5.76. The Hall–Kier alpha value is -1.88. The van der Waals surface area contributed by atoms with Gasteiger partial charge in [-0.15, -0.1) is 0 Å². The molecular weight excluding hydrogens is 326 g/mol. The van der Waals surface area contributed by atoms with Crippen LogP contribution < -0.4 is 10.6 Å². The molecule has 2 amide bonds. The van der Waals surface area contributed by atoms with Crippen LogP contribution in [0.2, 0.25) is 0 Å². The number of benzene rings is 1. The molecule has 1 atom stereocenters. The van der Waals surface area contributed by atoms with Crippen LogP contribution in [0.1, 0.15) is 39.0 Å². The molecule has 3 rings (SSSR count). The Balaban J connectivity index is 1.42. The standard InChI is InChI=1S/C21H31N3O2/c1-16(17-7-11-22-12-8-17)15-20(25)24-13-9-18(10-14-24)21(26)23-19-5-3-2-4-6-19/h2-6,16-18,22H,7-15H2,1H3,(H,23,26). The first-order chi connectivity index (χ1) is 12.6. The van der Waals surface area contributed by atoms with Gasteiger partial charge in [0.2, 0.25) is 11.8 Å². The number of rotatable bonds is 5. The van der Waals surface area contributed by atoms with E-state index in [-0.39, 0.29) is 17.7 Å². The summed E-state index contributed by atoms with van der Waals surface area (Å²) in [6.07, 6.45) is 4.51. The molecule has 0 bridgehead atoms. The Kier molecular flexibility index (Phi) is 6.67. The number of nitrogens with zero attached hydrogens (tertiary/aromatic N) is 1. The van der Waals surface area contributed by atoms with Crippen LogP contribution in [0.5, 0.6) is 0 Å². The van der Waals surface area contributed by atoms with Crippen molar-refractivity contribution in [3.8, 4) is 0 Å². The highest BCUT2D eigenvalue weighted by molar-refractivity contribution is 5.92. The zero-order chi connectivity index (χ0) is 18.4. The summed E-state index contributed by atoms with van der Waals surface area (Å²) in [5.74, 6) is 1.45. The summed E-state index contributed by atoms with van der Waals surface area (Å²) < 4.78 is 0. The van der Waals surface area contributed by atoms with Crippen molar-refractivity contribution in [1.82, 2.24) is 10.2 Å². The van der Waals surface area contributed by atoms with E-state index in [1.54, 1.807) is 0 Å². The topological polar surface area (TPSA) is 61.4 Å². The first-order valence-electron chi connectivity index (χ1n) is 9.98. The molecule has 26 heavy (non-hydrogen) atoms. The second-order valence-electron chi connectivity index (χ2n) is 7.78. The number of amides is 2. The van der Waals surface area contributed by atoms with E-state index in [1.807, 2.05) is 35.2 Å². The minimum atomic E-state index is 0.00102. The molecule has 0 radical (unpaired) electrons. The van der Waals surface area contributed by atoms with Crippen molar-refractivity contribution in [1.29, 1.82) is 0 Å². The number of anilines is 1. The number of likely N-dealkylation sites (tertiary alicyclic amines) is 1. The molecule has 2 fully saturated rings. The van der Waals surface area contributed by atoms with Crippen LogP contribution in [0.15, 0.2) is 30.3 Å². The minimum Gasteiger partial charge on any atom is -0.343 e. The summed E-state index contributed by atoms with van der Waals surface area (Å²) in [5, 5.41) is 6.37. The van der Waals surface area contributed by atoms with E-state index in [0.29, 0.717) is 31.3 Å². The van der Waals surface area contributed by atoms with Gasteiger partial charge in [0.25, 0.3) is 0 Å². The monoisotopic (exact) mass is 357 g/mol. The van der Waals surface area contributed by atoms with Crippen LogP contribution in [0, 0.1) is 17.8 Å². The maximum absolute atomic E-state index is 12.6. The number of hydrogen-bond acceptors (Lipinski definition) is 3. The summed E-state index contributed by atoms with van der Waals surface area (Å²) in [5.41, 5.74) is 0.840. The Morgan fingerprint density at radius 2 is 1.77 bits per heavy atom. The molecule has 2 aliphatic rings. The van der Waals surface area contributed by atoms with Gasteiger partial charge in [0.1, 0.15) is 0 Å². The maximum Gasteiger partial charge on any atom is 0.227 e. The van der Waals surface area contributed by atoms with Crippen LogP contribution in [0.25, 0.3) is 0 Å². The normalized spacial score (nSPS) is 20.6. The summed E-state index contributed by atoms with van der Waals surface area (Å²) in [4.78, 5) is 27.0. The van der Waals surface area contributed by atoms with Gasteiger partial charge in [-0.1, -0.05) is 25.1 Å². The van der Waals surface area contributed by atoms with Crippen molar-refractivity contribution in [2.24, 2.45) is 17.8 Å². The Morgan fingerprint density at radius 3 is 2.42 bits per heavy atom. The predicted octanol–water partition coefficient (Wildman–Crippen LogP) is 2.89. The minimum absolute atomic E-state index is 0.00102. The third kappa shape index (κ3) is 5.07. The molecular formula is C21H31N3O2. The highest BCUT2D eigenvalue weighted by Gasteiger charge is 2.29. The first kappa shape index (κ1) is 18.9. The molecule has 5 heteroatoms. The zero-order valence-electron chi connectivity index (χ0n) is 15.7. The average molecular weight is 357 g/mol. The molecule has 2 heterocycles. The van der Waals surface area contributed by atoms with E-state index in [0.717, 1.165) is 31.6 Å². The lowest BCUT2D eigenvalue weighted by Crippen LogP contribution is -2.42. The van der Waals surface area contributed by atoms with Crippen molar-refractivity contribution >= 4 is 17.5 Å². The van der Waals surface area contributed by atoms with Gasteiger partial charge in [-0.25, -0.2) is 0 Å². The molecule has 0 saturated carbocycles. The Morgan fingerprint density at radius 1 is 1.12 bits per heavy atom. The van der Waals surface area contributed by atoms with Crippen molar-refractivity contribution in [2.45, 2.75) is 39.0 Å². The molecule has 2 N–H and O–H groups in total. The fraction of sp³-hybridized carbons (Fsp3) is 0.619.